The van der Waals surface area contributed by atoms with Crippen LogP contribution in [0.3, 0.4) is 0 Å². The summed E-state index contributed by atoms with van der Waals surface area (Å²) in [6.45, 7) is 6.26. The molecule has 2 atom stereocenters. The Kier molecular flexibility index (Phi) is 8.32. The summed E-state index contributed by atoms with van der Waals surface area (Å²) in [6, 6.07) is 0. The number of hydrogen-bond donors (Lipinski definition) is 0. The molecule has 0 aliphatic rings. The van der Waals surface area contributed by atoms with Crippen LogP contribution in [-0.4, -0.2) is 18.3 Å². The predicted octanol–water partition coefficient (Wildman–Crippen LogP) is 2.84. The normalized spacial score (nSPS) is 15.4. The van der Waals surface area contributed by atoms with Crippen molar-refractivity contribution in [3.8, 4) is 0 Å². The molecule has 0 aromatic carbocycles. The van der Waals surface area contributed by atoms with E-state index in [4.69, 9.17) is 0 Å². The molecule has 0 bridgehead atoms. The molecule has 90 valence electrons. The largest absolute Gasteiger partial charge is 0.237 e. The van der Waals surface area contributed by atoms with Crippen LogP contribution >= 0.6 is 0 Å². The highest BCUT2D eigenvalue weighted by atomic mass is 16.1. The topological polar surface area (TPSA) is 58.9 Å². The maximum absolute atomic E-state index is 10.2. The van der Waals surface area contributed by atoms with E-state index in [0.29, 0.717) is 5.92 Å². The Morgan fingerprint density at radius 1 is 1.12 bits per heavy atom. The molecular formula is C12H20N2O2. The van der Waals surface area contributed by atoms with Gasteiger partial charge < -0.3 is 0 Å². The fourth-order valence-electron chi connectivity index (χ4n) is 1.82. The Balaban J connectivity index is 4.23. The molecule has 0 fully saturated rings. The van der Waals surface area contributed by atoms with Gasteiger partial charge >= 0.3 is 0 Å². The van der Waals surface area contributed by atoms with Gasteiger partial charge in [0.25, 0.3) is 0 Å². The third-order valence-electron chi connectivity index (χ3n) is 2.70. The van der Waals surface area contributed by atoms with Gasteiger partial charge in [0.2, 0.25) is 12.2 Å². The summed E-state index contributed by atoms with van der Waals surface area (Å²) in [4.78, 5) is 27.4. The molecule has 0 N–H and O–H groups in total. The van der Waals surface area contributed by atoms with Gasteiger partial charge in [0, 0.05) is 5.92 Å². The fourth-order valence-corrected chi connectivity index (χ4v) is 1.82. The smallest absolute Gasteiger partial charge is 0.211 e. The van der Waals surface area contributed by atoms with Gasteiger partial charge in [-0.3, -0.25) is 0 Å². The second-order valence-corrected chi connectivity index (χ2v) is 4.31. The van der Waals surface area contributed by atoms with E-state index in [-0.39, 0.29) is 5.92 Å². The third kappa shape index (κ3) is 6.28. The summed E-state index contributed by atoms with van der Waals surface area (Å²) in [6.07, 6.45) is 6.73. The van der Waals surface area contributed by atoms with E-state index in [9.17, 15) is 9.59 Å². The lowest BCUT2D eigenvalue weighted by Gasteiger charge is -2.18. The van der Waals surface area contributed by atoms with E-state index >= 15 is 0 Å². The second-order valence-electron chi connectivity index (χ2n) is 4.31. The molecule has 4 nitrogen and oxygen atoms in total. The van der Waals surface area contributed by atoms with Crippen molar-refractivity contribution < 1.29 is 9.59 Å². The number of isocyanates is 2. The molecule has 0 spiro atoms. The first-order valence-corrected chi connectivity index (χ1v) is 5.79. The first-order valence-electron chi connectivity index (χ1n) is 5.79. The van der Waals surface area contributed by atoms with Crippen molar-refractivity contribution in [3.63, 3.8) is 0 Å². The maximum atomic E-state index is 10.2. The van der Waals surface area contributed by atoms with Crippen molar-refractivity contribution in [1.82, 2.24) is 0 Å². The molecule has 0 aliphatic heterocycles. The highest BCUT2D eigenvalue weighted by Crippen LogP contribution is 2.21. The van der Waals surface area contributed by atoms with Crippen LogP contribution < -0.4 is 0 Å². The third-order valence-corrected chi connectivity index (χ3v) is 2.70. The molecule has 0 saturated heterocycles. The van der Waals surface area contributed by atoms with Crippen LogP contribution in [0.4, 0.5) is 0 Å². The summed E-state index contributed by atoms with van der Waals surface area (Å²) in [5.74, 6) is 0.635. The first kappa shape index (κ1) is 14.8. The van der Waals surface area contributed by atoms with Gasteiger partial charge in [0.15, 0.2) is 6.17 Å². The molecular weight excluding hydrogens is 204 g/mol. The number of nitrogens with zero attached hydrogens (tertiary/aromatic N) is 2. The molecule has 16 heavy (non-hydrogen) atoms. The van der Waals surface area contributed by atoms with Crippen LogP contribution in [0.15, 0.2) is 9.98 Å². The van der Waals surface area contributed by atoms with Crippen molar-refractivity contribution in [2.24, 2.45) is 21.8 Å². The van der Waals surface area contributed by atoms with Gasteiger partial charge in [-0.15, -0.1) is 0 Å². The van der Waals surface area contributed by atoms with E-state index in [1.165, 1.54) is 25.0 Å². The number of rotatable bonds is 8. The molecule has 0 radical (unpaired) electrons. The van der Waals surface area contributed by atoms with Crippen molar-refractivity contribution >= 4 is 12.2 Å². The van der Waals surface area contributed by atoms with Crippen molar-refractivity contribution in [1.29, 1.82) is 0 Å². The molecule has 0 rings (SSSR count). The summed E-state index contributed by atoms with van der Waals surface area (Å²) >= 11 is 0. The van der Waals surface area contributed by atoms with E-state index in [0.717, 1.165) is 12.8 Å². The quantitative estimate of drug-likeness (QED) is 0.470. The average Bonchev–Trinajstić information content (AvgIpc) is 2.26. The van der Waals surface area contributed by atoms with Crippen molar-refractivity contribution in [3.05, 3.63) is 0 Å². The van der Waals surface area contributed by atoms with E-state index in [2.05, 4.69) is 23.8 Å². The Morgan fingerprint density at radius 3 is 2.12 bits per heavy atom. The van der Waals surface area contributed by atoms with Crippen LogP contribution in [0.1, 0.15) is 46.5 Å². The molecule has 0 aliphatic carbocycles. The minimum absolute atomic E-state index is 0.0785. The van der Waals surface area contributed by atoms with E-state index in [1.54, 1.807) is 0 Å². The van der Waals surface area contributed by atoms with Gasteiger partial charge in [-0.1, -0.05) is 40.0 Å². The Bertz CT molecular complexity index is 261. The zero-order valence-electron chi connectivity index (χ0n) is 10.3. The second kappa shape index (κ2) is 9.02. The van der Waals surface area contributed by atoms with Gasteiger partial charge in [-0.25, -0.2) is 9.59 Å². The van der Waals surface area contributed by atoms with Gasteiger partial charge in [0.1, 0.15) is 0 Å². The molecule has 0 heterocycles. The minimum atomic E-state index is -0.612. The fraction of sp³-hybridized carbons (Fsp3) is 0.833. The van der Waals surface area contributed by atoms with Crippen molar-refractivity contribution in [2.75, 3.05) is 0 Å². The first-order chi connectivity index (χ1) is 7.65. The molecule has 0 saturated carbocycles. The SMILES string of the molecule is CCCCC(C)CC(C)C(N=C=O)N=C=O. The van der Waals surface area contributed by atoms with Crippen LogP contribution in [0, 0.1) is 11.8 Å². The highest BCUT2D eigenvalue weighted by Gasteiger charge is 2.18. The van der Waals surface area contributed by atoms with Crippen LogP contribution in [-0.2, 0) is 9.59 Å². The monoisotopic (exact) mass is 224 g/mol. The van der Waals surface area contributed by atoms with Gasteiger partial charge in [-0.2, -0.15) is 9.98 Å². The summed E-state index contributed by atoms with van der Waals surface area (Å²) in [7, 11) is 0. The predicted molar refractivity (Wildman–Crippen MR) is 62.5 cm³/mol. The van der Waals surface area contributed by atoms with Crippen LogP contribution in [0.25, 0.3) is 0 Å². The molecule has 0 aromatic heterocycles. The molecule has 0 amide bonds. The zero-order valence-corrected chi connectivity index (χ0v) is 10.3. The lowest BCUT2D eigenvalue weighted by atomic mass is 9.91. The average molecular weight is 224 g/mol. The standard InChI is InChI=1S/C12H20N2O2/c1-4-5-6-10(2)7-11(3)12(13-8-15)14-9-16/h10-12H,4-7H2,1-3H3. The van der Waals surface area contributed by atoms with Gasteiger partial charge in [0.05, 0.1) is 0 Å². The summed E-state index contributed by atoms with van der Waals surface area (Å²) in [5, 5.41) is 0. The highest BCUT2D eigenvalue weighted by molar-refractivity contribution is 5.37. The van der Waals surface area contributed by atoms with Crippen molar-refractivity contribution in [2.45, 2.75) is 52.6 Å². The number of unbranched alkanes of at least 4 members (excludes halogenated alkanes) is 1. The number of hydrogen-bond acceptors (Lipinski definition) is 4. The summed E-state index contributed by atoms with van der Waals surface area (Å²) in [5.41, 5.74) is 0. The Morgan fingerprint density at radius 2 is 1.69 bits per heavy atom. The van der Waals surface area contributed by atoms with Gasteiger partial charge in [-0.05, 0) is 12.3 Å². The Labute approximate surface area is 96.9 Å². The molecule has 2 unspecified atom stereocenters. The minimum Gasteiger partial charge on any atom is -0.211 e. The lowest BCUT2D eigenvalue weighted by Crippen LogP contribution is -2.16. The number of carbonyl (C=O) groups excluding carboxylic acids is 2. The summed E-state index contributed by atoms with van der Waals surface area (Å²) < 4.78 is 0. The molecule has 4 heteroatoms. The van der Waals surface area contributed by atoms with E-state index in [1.807, 2.05) is 6.92 Å². The van der Waals surface area contributed by atoms with Crippen LogP contribution in [0.5, 0.6) is 0 Å². The maximum Gasteiger partial charge on any atom is 0.237 e. The Hall–Kier alpha value is -1.24. The molecule has 0 aromatic rings. The van der Waals surface area contributed by atoms with Crippen LogP contribution in [0.2, 0.25) is 0 Å². The number of aliphatic imine (C=N–C) groups is 2. The lowest BCUT2D eigenvalue weighted by molar-refractivity contribution is 0.345. The van der Waals surface area contributed by atoms with E-state index < -0.39 is 6.17 Å². The zero-order chi connectivity index (χ0) is 12.4.